The predicted molar refractivity (Wildman–Crippen MR) is 59.9 cm³/mol. The highest BCUT2D eigenvalue weighted by molar-refractivity contribution is 5.79. The summed E-state index contributed by atoms with van der Waals surface area (Å²) in [6.45, 7) is 0. The van der Waals surface area contributed by atoms with Gasteiger partial charge in [-0.2, -0.15) is 0 Å². The molecule has 3 nitrogen and oxygen atoms in total. The molecule has 0 saturated carbocycles. The molecule has 1 atom stereocenters. The topological polar surface area (TPSA) is 69.1 Å². The van der Waals surface area contributed by atoms with E-state index in [1.807, 2.05) is 24.3 Å². The number of rotatable bonds is 4. The largest absolute Gasteiger partial charge is 0.368 e. The van der Waals surface area contributed by atoms with Crippen LogP contribution in [0.25, 0.3) is 0 Å². The third kappa shape index (κ3) is 3.45. The first kappa shape index (κ1) is 11.3. The van der Waals surface area contributed by atoms with Crippen molar-refractivity contribution >= 4 is 5.91 Å². The fourth-order valence-corrected chi connectivity index (χ4v) is 1.27. The zero-order valence-corrected chi connectivity index (χ0v) is 8.44. The summed E-state index contributed by atoms with van der Waals surface area (Å²) in [5.41, 5.74) is 12.7. The van der Waals surface area contributed by atoms with E-state index in [1.54, 1.807) is 0 Å². The molecule has 0 aliphatic rings. The molecule has 0 spiro atoms. The number of hydrogen-bond donors (Lipinski definition) is 2. The molecule has 1 amide bonds. The minimum Gasteiger partial charge on any atom is -0.368 e. The van der Waals surface area contributed by atoms with Crippen LogP contribution in [-0.2, 0) is 17.6 Å². The fraction of sp³-hybridized carbons (Fsp3) is 0.250. The van der Waals surface area contributed by atoms with E-state index in [4.69, 9.17) is 17.9 Å². The van der Waals surface area contributed by atoms with Gasteiger partial charge in [-0.25, -0.2) is 0 Å². The van der Waals surface area contributed by atoms with E-state index in [0.29, 0.717) is 12.8 Å². The third-order valence-corrected chi connectivity index (χ3v) is 2.15. The van der Waals surface area contributed by atoms with Crippen LogP contribution in [0, 0.1) is 12.3 Å². The smallest absolute Gasteiger partial charge is 0.234 e. The maximum absolute atomic E-state index is 10.7. The van der Waals surface area contributed by atoms with Crippen molar-refractivity contribution in [2.45, 2.75) is 18.9 Å². The van der Waals surface area contributed by atoms with Gasteiger partial charge in [0.05, 0.1) is 6.04 Å². The Bertz CT molecular complexity index is 376. The molecule has 1 aromatic carbocycles. The SMILES string of the molecule is C#CCc1ccc(CC(N)C(N)=O)cc1. The number of terminal acetylenes is 1. The molecule has 0 heterocycles. The first-order valence-electron chi connectivity index (χ1n) is 4.69. The van der Waals surface area contributed by atoms with Crippen LogP contribution in [0.1, 0.15) is 11.1 Å². The minimum absolute atomic E-state index is 0.464. The van der Waals surface area contributed by atoms with Gasteiger partial charge in [0.1, 0.15) is 0 Å². The van der Waals surface area contributed by atoms with Crippen LogP contribution in [0.2, 0.25) is 0 Å². The number of carbonyl (C=O) groups excluding carboxylic acids is 1. The van der Waals surface area contributed by atoms with Gasteiger partial charge in [-0.3, -0.25) is 4.79 Å². The van der Waals surface area contributed by atoms with Gasteiger partial charge in [0.25, 0.3) is 0 Å². The Labute approximate surface area is 89.5 Å². The van der Waals surface area contributed by atoms with Crippen molar-refractivity contribution in [3.63, 3.8) is 0 Å². The monoisotopic (exact) mass is 202 g/mol. The van der Waals surface area contributed by atoms with Crippen LogP contribution in [-0.4, -0.2) is 11.9 Å². The molecule has 0 fully saturated rings. The standard InChI is InChI=1S/C12H14N2O/c1-2-3-9-4-6-10(7-5-9)8-11(13)12(14)15/h1,4-7,11H,3,8,13H2,(H2,14,15). The Morgan fingerprint density at radius 2 is 1.87 bits per heavy atom. The van der Waals surface area contributed by atoms with E-state index >= 15 is 0 Å². The summed E-state index contributed by atoms with van der Waals surface area (Å²) >= 11 is 0. The number of carbonyl (C=O) groups is 1. The molecule has 4 N–H and O–H groups in total. The van der Waals surface area contributed by atoms with Gasteiger partial charge in [-0.15, -0.1) is 12.3 Å². The van der Waals surface area contributed by atoms with Crippen LogP contribution in [0.5, 0.6) is 0 Å². The van der Waals surface area contributed by atoms with Gasteiger partial charge in [0, 0.05) is 6.42 Å². The lowest BCUT2D eigenvalue weighted by Crippen LogP contribution is -2.38. The van der Waals surface area contributed by atoms with Gasteiger partial charge in [0.15, 0.2) is 0 Å². The van der Waals surface area contributed by atoms with Gasteiger partial charge in [-0.1, -0.05) is 24.3 Å². The third-order valence-electron chi connectivity index (χ3n) is 2.15. The summed E-state index contributed by atoms with van der Waals surface area (Å²) in [6.07, 6.45) is 6.27. The van der Waals surface area contributed by atoms with Crippen molar-refractivity contribution in [1.29, 1.82) is 0 Å². The van der Waals surface area contributed by atoms with Crippen molar-refractivity contribution in [2.75, 3.05) is 0 Å². The summed E-state index contributed by atoms with van der Waals surface area (Å²) in [5, 5.41) is 0. The first-order chi connectivity index (χ1) is 7.13. The molecule has 0 aliphatic carbocycles. The number of benzene rings is 1. The molecule has 0 saturated heterocycles. The van der Waals surface area contributed by atoms with E-state index in [-0.39, 0.29) is 0 Å². The molecule has 15 heavy (non-hydrogen) atoms. The summed E-state index contributed by atoms with van der Waals surface area (Å²) in [7, 11) is 0. The second-order valence-electron chi connectivity index (χ2n) is 3.41. The normalized spacial score (nSPS) is 11.7. The number of primary amides is 1. The second-order valence-corrected chi connectivity index (χ2v) is 3.41. The highest BCUT2D eigenvalue weighted by Crippen LogP contribution is 2.06. The molecule has 1 aromatic rings. The number of hydrogen-bond acceptors (Lipinski definition) is 2. The molecule has 0 aromatic heterocycles. The number of nitrogens with two attached hydrogens (primary N) is 2. The lowest BCUT2D eigenvalue weighted by molar-refractivity contribution is -0.119. The van der Waals surface area contributed by atoms with Crippen molar-refractivity contribution < 1.29 is 4.79 Å². The minimum atomic E-state index is -0.622. The van der Waals surface area contributed by atoms with Gasteiger partial charge in [-0.05, 0) is 17.5 Å². The molecule has 0 radical (unpaired) electrons. The molecule has 1 rings (SSSR count). The van der Waals surface area contributed by atoms with E-state index < -0.39 is 11.9 Å². The Hall–Kier alpha value is -1.79. The quantitative estimate of drug-likeness (QED) is 0.686. The Morgan fingerprint density at radius 3 is 2.33 bits per heavy atom. The maximum Gasteiger partial charge on any atom is 0.234 e. The van der Waals surface area contributed by atoms with Crippen molar-refractivity contribution in [3.05, 3.63) is 35.4 Å². The second kappa shape index (κ2) is 5.18. The average molecular weight is 202 g/mol. The van der Waals surface area contributed by atoms with E-state index in [2.05, 4.69) is 5.92 Å². The summed E-state index contributed by atoms with van der Waals surface area (Å²) in [5.74, 6) is 2.08. The van der Waals surface area contributed by atoms with Crippen molar-refractivity contribution in [2.24, 2.45) is 11.5 Å². The summed E-state index contributed by atoms with van der Waals surface area (Å²) < 4.78 is 0. The molecular formula is C12H14N2O. The Kier molecular flexibility index (Phi) is 3.90. The van der Waals surface area contributed by atoms with Crippen LogP contribution in [0.15, 0.2) is 24.3 Å². The van der Waals surface area contributed by atoms with Crippen LogP contribution in [0.4, 0.5) is 0 Å². The van der Waals surface area contributed by atoms with E-state index in [0.717, 1.165) is 11.1 Å². The average Bonchev–Trinajstić information content (AvgIpc) is 2.21. The lowest BCUT2D eigenvalue weighted by atomic mass is 10.0. The zero-order valence-electron chi connectivity index (χ0n) is 8.44. The van der Waals surface area contributed by atoms with E-state index in [9.17, 15) is 4.79 Å². The molecule has 1 unspecified atom stereocenters. The number of amides is 1. The zero-order chi connectivity index (χ0) is 11.3. The Balaban J connectivity index is 2.65. The molecule has 0 bridgehead atoms. The highest BCUT2D eigenvalue weighted by Gasteiger charge is 2.09. The fourth-order valence-electron chi connectivity index (χ4n) is 1.27. The van der Waals surface area contributed by atoms with Crippen LogP contribution < -0.4 is 11.5 Å². The summed E-state index contributed by atoms with van der Waals surface area (Å²) in [6, 6.07) is 7.07. The van der Waals surface area contributed by atoms with Crippen molar-refractivity contribution in [3.8, 4) is 12.3 Å². The first-order valence-corrected chi connectivity index (χ1v) is 4.69. The lowest BCUT2D eigenvalue weighted by Gasteiger charge is -2.07. The van der Waals surface area contributed by atoms with Gasteiger partial charge < -0.3 is 11.5 Å². The molecule has 78 valence electrons. The van der Waals surface area contributed by atoms with Gasteiger partial charge >= 0.3 is 0 Å². The van der Waals surface area contributed by atoms with E-state index in [1.165, 1.54) is 0 Å². The molecule has 3 heteroatoms. The van der Waals surface area contributed by atoms with Crippen molar-refractivity contribution in [1.82, 2.24) is 0 Å². The highest BCUT2D eigenvalue weighted by atomic mass is 16.1. The van der Waals surface area contributed by atoms with Crippen LogP contribution >= 0.6 is 0 Å². The van der Waals surface area contributed by atoms with Gasteiger partial charge in [0.2, 0.25) is 5.91 Å². The molecular weight excluding hydrogens is 188 g/mol. The summed E-state index contributed by atoms with van der Waals surface area (Å²) in [4.78, 5) is 10.7. The Morgan fingerprint density at radius 1 is 1.33 bits per heavy atom. The molecule has 0 aliphatic heterocycles. The maximum atomic E-state index is 10.7. The predicted octanol–water partition coefficient (Wildman–Crippen LogP) is 0.217. The van der Waals surface area contributed by atoms with Crippen LogP contribution in [0.3, 0.4) is 0 Å².